The average molecular weight is 234 g/mol. The average Bonchev–Trinajstić information content (AvgIpc) is 2.34. The van der Waals surface area contributed by atoms with Crippen molar-refractivity contribution in [2.45, 2.75) is 39.8 Å². The van der Waals surface area contributed by atoms with Gasteiger partial charge in [-0.25, -0.2) is 0 Å². The van der Waals surface area contributed by atoms with Gasteiger partial charge in [-0.1, -0.05) is 36.8 Å². The van der Waals surface area contributed by atoms with E-state index < -0.39 is 0 Å². The lowest BCUT2D eigenvalue weighted by Gasteiger charge is -2.24. The number of nitrogens with zero attached hydrogens (tertiary/aromatic N) is 1. The summed E-state index contributed by atoms with van der Waals surface area (Å²) in [4.78, 5) is 13.8. The highest BCUT2D eigenvalue weighted by molar-refractivity contribution is 5.81. The van der Waals surface area contributed by atoms with E-state index >= 15 is 0 Å². The third kappa shape index (κ3) is 3.86. The van der Waals surface area contributed by atoms with Gasteiger partial charge >= 0.3 is 0 Å². The number of amides is 1. The first-order chi connectivity index (χ1) is 8.08. The quantitative estimate of drug-likeness (QED) is 0.848. The van der Waals surface area contributed by atoms with Gasteiger partial charge in [0.05, 0.1) is 6.04 Å². The number of likely N-dealkylation sites (N-methyl/N-ethyl adjacent to an activating group) is 1. The molecule has 0 aliphatic heterocycles. The highest BCUT2D eigenvalue weighted by Gasteiger charge is 2.18. The van der Waals surface area contributed by atoms with Crippen molar-refractivity contribution in [1.29, 1.82) is 0 Å². The van der Waals surface area contributed by atoms with Gasteiger partial charge in [-0.05, 0) is 25.8 Å². The van der Waals surface area contributed by atoms with Gasteiger partial charge in [-0.2, -0.15) is 0 Å². The molecule has 94 valence electrons. The summed E-state index contributed by atoms with van der Waals surface area (Å²) in [6.07, 6.45) is 0.684. The van der Waals surface area contributed by atoms with Crippen molar-refractivity contribution in [2.75, 3.05) is 6.54 Å². The zero-order chi connectivity index (χ0) is 12.8. The lowest BCUT2D eigenvalue weighted by Crippen LogP contribution is -2.42. The van der Waals surface area contributed by atoms with Gasteiger partial charge < -0.3 is 10.6 Å². The van der Waals surface area contributed by atoms with Crippen molar-refractivity contribution in [3.63, 3.8) is 0 Å². The minimum atomic E-state index is -0.375. The summed E-state index contributed by atoms with van der Waals surface area (Å²) in [5.74, 6) is 0.0384. The maximum Gasteiger partial charge on any atom is 0.239 e. The fourth-order valence-corrected chi connectivity index (χ4v) is 1.79. The van der Waals surface area contributed by atoms with E-state index in [1.807, 2.05) is 30.9 Å². The number of rotatable bonds is 5. The lowest BCUT2D eigenvalue weighted by molar-refractivity contribution is -0.133. The molecule has 0 bridgehead atoms. The van der Waals surface area contributed by atoms with Crippen molar-refractivity contribution in [3.8, 4) is 0 Å². The van der Waals surface area contributed by atoms with Crippen molar-refractivity contribution in [1.82, 2.24) is 4.90 Å². The van der Waals surface area contributed by atoms with E-state index in [9.17, 15) is 4.79 Å². The number of carbonyl (C=O) groups excluding carboxylic acids is 1. The van der Waals surface area contributed by atoms with Crippen LogP contribution in [0.1, 0.15) is 31.4 Å². The van der Waals surface area contributed by atoms with Gasteiger partial charge in [-0.3, -0.25) is 4.79 Å². The van der Waals surface area contributed by atoms with Crippen LogP contribution in [0.25, 0.3) is 0 Å². The molecule has 17 heavy (non-hydrogen) atoms. The molecule has 0 aliphatic rings. The highest BCUT2D eigenvalue weighted by Crippen LogP contribution is 2.09. The molecule has 0 saturated heterocycles. The van der Waals surface area contributed by atoms with E-state index in [-0.39, 0.29) is 11.9 Å². The monoisotopic (exact) mass is 234 g/mol. The minimum Gasteiger partial charge on any atom is -0.337 e. The number of hydrogen-bond donors (Lipinski definition) is 1. The Labute approximate surface area is 104 Å². The second-order valence-electron chi connectivity index (χ2n) is 4.36. The van der Waals surface area contributed by atoms with Crippen molar-refractivity contribution in [2.24, 2.45) is 5.73 Å². The topological polar surface area (TPSA) is 46.3 Å². The molecular formula is C14H22N2O. The van der Waals surface area contributed by atoms with Crippen LogP contribution in [-0.4, -0.2) is 23.4 Å². The third-order valence-corrected chi connectivity index (χ3v) is 2.91. The molecule has 1 rings (SSSR count). The summed E-state index contributed by atoms with van der Waals surface area (Å²) in [5.41, 5.74) is 8.16. The SMILES string of the molecule is CC[C@H](N)C(=O)N(CC)Cc1cccc(C)c1. The van der Waals surface area contributed by atoms with Crippen LogP contribution in [-0.2, 0) is 11.3 Å². The number of hydrogen-bond acceptors (Lipinski definition) is 2. The molecule has 3 heteroatoms. The summed E-state index contributed by atoms with van der Waals surface area (Å²) in [6, 6.07) is 7.84. The fraction of sp³-hybridized carbons (Fsp3) is 0.500. The van der Waals surface area contributed by atoms with Gasteiger partial charge in [-0.15, -0.1) is 0 Å². The highest BCUT2D eigenvalue weighted by atomic mass is 16.2. The van der Waals surface area contributed by atoms with Gasteiger partial charge in [0.25, 0.3) is 0 Å². The summed E-state index contributed by atoms with van der Waals surface area (Å²) in [6.45, 7) is 7.31. The van der Waals surface area contributed by atoms with Gasteiger partial charge in [0.2, 0.25) is 5.91 Å². The van der Waals surface area contributed by atoms with Crippen LogP contribution in [0.4, 0.5) is 0 Å². The van der Waals surface area contributed by atoms with E-state index in [4.69, 9.17) is 5.73 Å². The maximum absolute atomic E-state index is 12.0. The largest absolute Gasteiger partial charge is 0.337 e. The van der Waals surface area contributed by atoms with Crippen LogP contribution in [0.15, 0.2) is 24.3 Å². The molecule has 0 saturated carbocycles. The first-order valence-electron chi connectivity index (χ1n) is 6.18. The van der Waals surface area contributed by atoms with Crippen LogP contribution < -0.4 is 5.73 Å². The van der Waals surface area contributed by atoms with E-state index in [2.05, 4.69) is 19.1 Å². The van der Waals surface area contributed by atoms with E-state index in [0.29, 0.717) is 19.5 Å². The number of aryl methyl sites for hydroxylation is 1. The van der Waals surface area contributed by atoms with Crippen molar-refractivity contribution >= 4 is 5.91 Å². The number of benzene rings is 1. The minimum absolute atomic E-state index is 0.0384. The normalized spacial score (nSPS) is 12.2. The van der Waals surface area contributed by atoms with Crippen molar-refractivity contribution < 1.29 is 4.79 Å². The van der Waals surface area contributed by atoms with Crippen molar-refractivity contribution in [3.05, 3.63) is 35.4 Å². The second-order valence-corrected chi connectivity index (χ2v) is 4.36. The lowest BCUT2D eigenvalue weighted by atomic mass is 10.1. The van der Waals surface area contributed by atoms with Crippen LogP contribution in [0.5, 0.6) is 0 Å². The maximum atomic E-state index is 12.0. The molecule has 0 unspecified atom stereocenters. The molecule has 1 amide bonds. The third-order valence-electron chi connectivity index (χ3n) is 2.91. The molecule has 1 aromatic rings. The molecule has 0 spiro atoms. The Morgan fingerprint density at radius 3 is 2.65 bits per heavy atom. The Kier molecular flexibility index (Phi) is 5.16. The van der Waals surface area contributed by atoms with E-state index in [1.54, 1.807) is 0 Å². The smallest absolute Gasteiger partial charge is 0.239 e. The summed E-state index contributed by atoms with van der Waals surface area (Å²) in [5, 5.41) is 0. The standard InChI is InChI=1S/C14H22N2O/c1-4-13(15)14(17)16(5-2)10-12-8-6-7-11(3)9-12/h6-9,13H,4-5,10,15H2,1-3H3/t13-/m0/s1. The first kappa shape index (κ1) is 13.7. The summed E-state index contributed by atoms with van der Waals surface area (Å²) >= 11 is 0. The van der Waals surface area contributed by atoms with Crippen LogP contribution in [0.3, 0.4) is 0 Å². The zero-order valence-electron chi connectivity index (χ0n) is 10.9. The van der Waals surface area contributed by atoms with Gasteiger partial charge in [0, 0.05) is 13.1 Å². The Morgan fingerprint density at radius 1 is 1.41 bits per heavy atom. The Balaban J connectivity index is 2.73. The fourth-order valence-electron chi connectivity index (χ4n) is 1.79. The molecule has 0 radical (unpaired) electrons. The zero-order valence-corrected chi connectivity index (χ0v) is 10.9. The molecule has 1 aromatic carbocycles. The summed E-state index contributed by atoms with van der Waals surface area (Å²) < 4.78 is 0. The number of nitrogens with two attached hydrogens (primary N) is 1. The Morgan fingerprint density at radius 2 is 2.12 bits per heavy atom. The van der Waals surface area contributed by atoms with Gasteiger partial charge in [0.1, 0.15) is 0 Å². The Hall–Kier alpha value is -1.35. The van der Waals surface area contributed by atoms with E-state index in [0.717, 1.165) is 5.56 Å². The number of carbonyl (C=O) groups is 1. The van der Waals surface area contributed by atoms with Crippen LogP contribution in [0, 0.1) is 6.92 Å². The molecule has 0 heterocycles. The molecule has 1 atom stereocenters. The van der Waals surface area contributed by atoms with Crippen LogP contribution >= 0.6 is 0 Å². The first-order valence-corrected chi connectivity index (χ1v) is 6.18. The predicted octanol–water partition coefficient (Wildman–Crippen LogP) is 2.08. The molecule has 0 aliphatic carbocycles. The second kappa shape index (κ2) is 6.40. The summed E-state index contributed by atoms with van der Waals surface area (Å²) in [7, 11) is 0. The molecule has 0 aromatic heterocycles. The molecule has 0 fully saturated rings. The Bertz CT molecular complexity index is 376. The molecule has 2 N–H and O–H groups in total. The van der Waals surface area contributed by atoms with E-state index in [1.165, 1.54) is 5.56 Å². The molecular weight excluding hydrogens is 212 g/mol. The predicted molar refractivity (Wildman–Crippen MR) is 70.5 cm³/mol. The van der Waals surface area contributed by atoms with Gasteiger partial charge in [0.15, 0.2) is 0 Å². The molecule has 3 nitrogen and oxygen atoms in total. The van der Waals surface area contributed by atoms with Crippen LogP contribution in [0.2, 0.25) is 0 Å².